The normalized spacial score (nSPS) is 19.1. The van der Waals surface area contributed by atoms with Gasteiger partial charge in [-0.05, 0) is 56.7 Å². The molecule has 0 saturated carbocycles. The van der Waals surface area contributed by atoms with Crippen LogP contribution in [0.1, 0.15) is 107 Å². The Balaban J connectivity index is 1.70. The van der Waals surface area contributed by atoms with Gasteiger partial charge in [0.2, 0.25) is 5.91 Å². The molecule has 7 atom stereocenters. The fourth-order valence-corrected chi connectivity index (χ4v) is 7.50. The van der Waals surface area contributed by atoms with E-state index in [1.807, 2.05) is 65.1 Å². The van der Waals surface area contributed by atoms with E-state index in [0.29, 0.717) is 11.4 Å². The van der Waals surface area contributed by atoms with E-state index in [4.69, 9.17) is 0 Å². The second-order valence-electron chi connectivity index (χ2n) is 14.1. The van der Waals surface area contributed by atoms with Crippen molar-refractivity contribution in [1.29, 1.82) is 0 Å². The monoisotopic (exact) mass is 684 g/mol. The molecule has 0 unspecified atom stereocenters. The van der Waals surface area contributed by atoms with Gasteiger partial charge in [0.25, 0.3) is 5.91 Å². The molecule has 3 rings (SSSR count). The van der Waals surface area contributed by atoms with Crippen molar-refractivity contribution in [2.24, 2.45) is 23.7 Å². The van der Waals surface area contributed by atoms with Gasteiger partial charge in [0.15, 0.2) is 5.78 Å². The quantitative estimate of drug-likeness (QED) is 0.184. The number of thiazole rings is 1. The third kappa shape index (κ3) is 10.9. The number of benzene rings is 1. The molecule has 2 aromatic rings. The Hall–Kier alpha value is -3.15. The Morgan fingerprint density at radius 2 is 1.77 bits per heavy atom. The van der Waals surface area contributed by atoms with Gasteiger partial charge in [-0.25, -0.2) is 4.98 Å². The number of likely N-dealkylation sites (tertiary alicyclic amines) is 1. The first kappa shape index (κ1) is 39.3. The summed E-state index contributed by atoms with van der Waals surface area (Å²) in [6.07, 6.45) is 3.87. The van der Waals surface area contributed by atoms with Crippen LogP contribution in [0, 0.1) is 23.7 Å². The number of ketones is 1. The summed E-state index contributed by atoms with van der Waals surface area (Å²) in [6.45, 7) is 10.6. The first-order valence-corrected chi connectivity index (χ1v) is 18.3. The van der Waals surface area contributed by atoms with E-state index in [2.05, 4.69) is 15.2 Å². The van der Waals surface area contributed by atoms with Crippen LogP contribution in [0.4, 0.5) is 0 Å². The largest absolute Gasteiger partial charge is 0.481 e. The number of aliphatic hydroxyl groups is 1. The van der Waals surface area contributed by atoms with Crippen molar-refractivity contribution in [1.82, 2.24) is 20.1 Å². The van der Waals surface area contributed by atoms with Gasteiger partial charge in [0.1, 0.15) is 16.8 Å². The van der Waals surface area contributed by atoms with E-state index in [0.717, 1.165) is 37.8 Å². The van der Waals surface area contributed by atoms with Crippen LogP contribution in [0.5, 0.6) is 0 Å². The summed E-state index contributed by atoms with van der Waals surface area (Å²) >= 11 is 1.18. The van der Waals surface area contributed by atoms with Crippen molar-refractivity contribution in [2.45, 2.75) is 110 Å². The van der Waals surface area contributed by atoms with Crippen molar-refractivity contribution >= 4 is 34.9 Å². The number of carbonyl (C=O) groups excluding carboxylic acids is 3. The molecule has 1 aromatic heterocycles. The number of hydrogen-bond acceptors (Lipinski definition) is 8. The number of hydrogen-bond donors (Lipinski definition) is 3. The van der Waals surface area contributed by atoms with Gasteiger partial charge in [0.05, 0.1) is 12.0 Å². The number of nitrogens with zero attached hydrogens (tertiary/aromatic N) is 3. The first-order chi connectivity index (χ1) is 22.7. The van der Waals surface area contributed by atoms with Gasteiger partial charge in [-0.2, -0.15) is 0 Å². The smallest absolute Gasteiger partial charge is 0.306 e. The lowest BCUT2D eigenvalue weighted by molar-refractivity contribution is -0.143. The molecule has 0 radical (unpaired) electrons. The lowest BCUT2D eigenvalue weighted by atomic mass is 9.83. The maximum atomic E-state index is 14.0. The Bertz CT molecular complexity index is 1350. The van der Waals surface area contributed by atoms with E-state index < -0.39 is 35.9 Å². The first-order valence-electron chi connectivity index (χ1n) is 17.4. The molecule has 1 aromatic carbocycles. The highest BCUT2D eigenvalue weighted by atomic mass is 32.1. The zero-order valence-electron chi connectivity index (χ0n) is 29.7. The molecular weight excluding hydrogens is 628 g/mol. The van der Waals surface area contributed by atoms with E-state index in [-0.39, 0.29) is 60.6 Å². The summed E-state index contributed by atoms with van der Waals surface area (Å²) in [5.74, 6) is -2.35. The van der Waals surface area contributed by atoms with Gasteiger partial charge in [-0.1, -0.05) is 77.8 Å². The molecule has 3 N–H and O–H groups in total. The van der Waals surface area contributed by atoms with Crippen LogP contribution in [-0.2, 0) is 20.8 Å². The van der Waals surface area contributed by atoms with Gasteiger partial charge in [-0.3, -0.25) is 24.1 Å². The minimum absolute atomic E-state index is 0.0177. The molecule has 48 heavy (non-hydrogen) atoms. The highest BCUT2D eigenvalue weighted by Crippen LogP contribution is 2.31. The molecule has 266 valence electrons. The fraction of sp³-hybridized carbons (Fsp3) is 0.649. The molecule has 1 fully saturated rings. The number of carbonyl (C=O) groups is 4. The van der Waals surface area contributed by atoms with Crippen LogP contribution in [0.2, 0.25) is 0 Å². The van der Waals surface area contributed by atoms with Crippen LogP contribution in [0.15, 0.2) is 35.7 Å². The summed E-state index contributed by atoms with van der Waals surface area (Å²) in [6, 6.07) is 8.70. The van der Waals surface area contributed by atoms with Crippen molar-refractivity contribution < 1.29 is 29.4 Å². The maximum absolute atomic E-state index is 14.0. The van der Waals surface area contributed by atoms with Crippen LogP contribution in [0.3, 0.4) is 0 Å². The highest BCUT2D eigenvalue weighted by molar-refractivity contribution is 7.09. The zero-order valence-corrected chi connectivity index (χ0v) is 30.5. The van der Waals surface area contributed by atoms with Gasteiger partial charge < -0.3 is 20.4 Å². The summed E-state index contributed by atoms with van der Waals surface area (Å²) in [5.41, 5.74) is 1.14. The van der Waals surface area contributed by atoms with Crippen molar-refractivity contribution in [3.63, 3.8) is 0 Å². The maximum Gasteiger partial charge on any atom is 0.306 e. The Morgan fingerprint density at radius 1 is 1.08 bits per heavy atom. The number of aliphatic carboxylic acids is 1. The molecule has 10 nitrogen and oxygen atoms in total. The summed E-state index contributed by atoms with van der Waals surface area (Å²) in [4.78, 5) is 60.6. The molecule has 1 aliphatic heterocycles. The number of amides is 2. The standard InChI is InChI=1S/C37H56N4O6S/c1-8-24(4)28(20-32(42)30-16-12-13-17-40(30)6)36(45)41(7)31(23(2)3)21-33(43)35-39-29(22-48-35)34(44)38-27(18-25(5)37(46)47)19-26-14-10-9-11-15-26/h9-11,14-15,22-25,27-28,30-31,33,43H,8,12-13,16-21H2,1-7H3,(H,38,44)(H,46,47)/t24-,25-,27+,28-,30+,31+,33+/m0/s1. The number of piperidine rings is 1. The number of nitrogens with one attached hydrogen (secondary N) is 1. The average molecular weight is 685 g/mol. The highest BCUT2D eigenvalue weighted by Gasteiger charge is 2.37. The second kappa shape index (κ2) is 18.6. The predicted molar refractivity (Wildman–Crippen MR) is 189 cm³/mol. The molecule has 0 aliphatic carbocycles. The Labute approximate surface area is 290 Å². The topological polar surface area (TPSA) is 140 Å². The van der Waals surface area contributed by atoms with E-state index >= 15 is 0 Å². The van der Waals surface area contributed by atoms with Gasteiger partial charge >= 0.3 is 5.97 Å². The lowest BCUT2D eigenvalue weighted by Gasteiger charge is -2.37. The molecule has 11 heteroatoms. The van der Waals surface area contributed by atoms with Crippen molar-refractivity contribution in [3.8, 4) is 0 Å². The predicted octanol–water partition coefficient (Wildman–Crippen LogP) is 5.61. The SMILES string of the molecule is CC[C@H](C)[C@H](CC(=O)[C@H]1CCCCN1C)C(=O)N(C)[C@H](C[C@@H](O)c1nc(C(=O)N[C@@H](Cc2ccccc2)C[C@H](C)C(=O)O)cs1)C(C)C. The number of likely N-dealkylation sites (N-methyl/N-ethyl adjacent to an activating group) is 1. The minimum Gasteiger partial charge on any atom is -0.481 e. The molecule has 1 aliphatic rings. The second-order valence-corrected chi connectivity index (χ2v) is 15.0. The molecule has 0 bridgehead atoms. The molecular formula is C37H56N4O6S. The minimum atomic E-state index is -1.01. The third-order valence-corrected chi connectivity index (χ3v) is 11.0. The van der Waals surface area contributed by atoms with Crippen LogP contribution in [0.25, 0.3) is 0 Å². The number of carboxylic acids is 1. The molecule has 1 saturated heterocycles. The van der Waals surface area contributed by atoms with E-state index in [1.54, 1.807) is 24.3 Å². The molecule has 0 spiro atoms. The average Bonchev–Trinajstić information content (AvgIpc) is 3.56. The van der Waals surface area contributed by atoms with Gasteiger partial charge in [0, 0.05) is 43.3 Å². The zero-order chi connectivity index (χ0) is 35.5. The number of aromatic nitrogens is 1. The van der Waals surface area contributed by atoms with Crippen LogP contribution in [-0.4, -0.2) is 87.3 Å². The number of Topliss-reactive ketones (excluding diaryl/α,β-unsaturated/α-hetero) is 1. The summed E-state index contributed by atoms with van der Waals surface area (Å²) < 4.78 is 0. The van der Waals surface area contributed by atoms with Crippen molar-refractivity contribution in [2.75, 3.05) is 20.6 Å². The Kier molecular flexibility index (Phi) is 15.2. The molecule has 2 amide bonds. The van der Waals surface area contributed by atoms with E-state index in [9.17, 15) is 29.4 Å². The summed E-state index contributed by atoms with van der Waals surface area (Å²) in [5, 5.41) is 25.7. The third-order valence-electron chi connectivity index (χ3n) is 10.1. The van der Waals surface area contributed by atoms with Gasteiger partial charge in [-0.15, -0.1) is 11.3 Å². The number of rotatable bonds is 18. The van der Waals surface area contributed by atoms with Crippen LogP contribution < -0.4 is 5.32 Å². The Morgan fingerprint density at radius 3 is 2.38 bits per heavy atom. The number of aliphatic hydroxyl groups excluding tert-OH is 1. The number of carboxylic acid groups (broad SMARTS) is 1. The van der Waals surface area contributed by atoms with Crippen LogP contribution >= 0.6 is 11.3 Å². The lowest BCUT2D eigenvalue weighted by Crippen LogP contribution is -2.48. The molecule has 2 heterocycles. The van der Waals surface area contributed by atoms with Crippen molar-refractivity contribution in [3.05, 3.63) is 52.0 Å². The summed E-state index contributed by atoms with van der Waals surface area (Å²) in [7, 11) is 3.75. The fourth-order valence-electron chi connectivity index (χ4n) is 6.71. The van der Waals surface area contributed by atoms with E-state index in [1.165, 1.54) is 11.3 Å².